The highest BCUT2D eigenvalue weighted by Gasteiger charge is 2.37. The monoisotopic (exact) mass is 424 g/mol. The number of aliphatic hydroxyl groups is 1. The number of hydrogen-bond donors (Lipinski definition) is 4. The second-order valence-corrected chi connectivity index (χ2v) is 6.28. The fourth-order valence-electron chi connectivity index (χ4n) is 2.93. The van der Waals surface area contributed by atoms with Gasteiger partial charge in [0.1, 0.15) is 5.69 Å². The van der Waals surface area contributed by atoms with Gasteiger partial charge in [-0.15, -0.1) is 10.2 Å². The van der Waals surface area contributed by atoms with Gasteiger partial charge in [0.2, 0.25) is 5.82 Å². The van der Waals surface area contributed by atoms with Gasteiger partial charge in [-0.1, -0.05) is 12.1 Å². The van der Waals surface area contributed by atoms with Gasteiger partial charge >= 0.3 is 0 Å². The van der Waals surface area contributed by atoms with Gasteiger partial charge in [0.15, 0.2) is 23.1 Å². The smallest absolute Gasteiger partial charge is 0.266 e. The Morgan fingerprint density at radius 3 is 2.74 bits per heavy atom. The first-order valence-electron chi connectivity index (χ1n) is 9.25. The van der Waals surface area contributed by atoms with E-state index < -0.39 is 5.85 Å². The lowest BCUT2D eigenvalue weighted by atomic mass is 10.1. The van der Waals surface area contributed by atoms with E-state index in [-0.39, 0.29) is 24.8 Å². The van der Waals surface area contributed by atoms with E-state index in [1.807, 2.05) is 12.1 Å². The van der Waals surface area contributed by atoms with Crippen LogP contribution in [0.15, 0.2) is 59.5 Å². The van der Waals surface area contributed by atoms with Crippen molar-refractivity contribution in [2.75, 3.05) is 20.3 Å². The molecule has 3 heterocycles. The molecule has 0 spiro atoms. The number of methoxy groups -OCH3 is 1. The summed E-state index contributed by atoms with van der Waals surface area (Å²) < 4.78 is 17.0. The van der Waals surface area contributed by atoms with Crippen LogP contribution in [-0.4, -0.2) is 56.9 Å². The Hall–Kier alpha value is -4.03. The Balaban J connectivity index is 1.66. The molecule has 31 heavy (non-hydrogen) atoms. The second kappa shape index (κ2) is 8.77. The van der Waals surface area contributed by atoms with Crippen LogP contribution in [0.3, 0.4) is 0 Å². The molecule has 1 aliphatic rings. The molecule has 0 amide bonds. The Kier molecular flexibility index (Phi) is 5.73. The molecule has 0 saturated carbocycles. The predicted octanol–water partition coefficient (Wildman–Crippen LogP) is 0.270. The molecule has 0 fully saturated rings. The molecule has 1 aromatic carbocycles. The molecule has 1 atom stereocenters. The number of rotatable bonds is 8. The fourth-order valence-corrected chi connectivity index (χ4v) is 2.93. The molecule has 1 aliphatic heterocycles. The third-order valence-corrected chi connectivity index (χ3v) is 4.35. The zero-order chi connectivity index (χ0) is 21.7. The summed E-state index contributed by atoms with van der Waals surface area (Å²) in [6, 6.07) is 10.5. The van der Waals surface area contributed by atoms with Gasteiger partial charge in [-0.2, -0.15) is 5.21 Å². The van der Waals surface area contributed by atoms with Crippen molar-refractivity contribution in [1.29, 1.82) is 0 Å². The van der Waals surface area contributed by atoms with E-state index in [2.05, 4.69) is 35.9 Å². The van der Waals surface area contributed by atoms with Gasteiger partial charge in [-0.05, 0) is 29.5 Å². The molecule has 1 unspecified atom stereocenters. The molecule has 0 bridgehead atoms. The number of benzene rings is 1. The highest BCUT2D eigenvalue weighted by molar-refractivity contribution is 5.96. The number of H-pyrrole nitrogens is 1. The summed E-state index contributed by atoms with van der Waals surface area (Å²) in [6.45, 7) is -0.212. The maximum Gasteiger partial charge on any atom is 0.266 e. The average molecular weight is 424 g/mol. The number of pyridine rings is 1. The number of amidine groups is 1. The third-order valence-electron chi connectivity index (χ3n) is 4.35. The van der Waals surface area contributed by atoms with Crippen LogP contribution < -0.4 is 20.5 Å². The Morgan fingerprint density at radius 2 is 2.03 bits per heavy atom. The maximum absolute atomic E-state index is 9.30. The van der Waals surface area contributed by atoms with Crippen molar-refractivity contribution >= 4 is 5.84 Å². The topological polar surface area (TPSA) is 166 Å². The number of ether oxygens (including phenoxy) is 3. The molecule has 0 saturated heterocycles. The van der Waals surface area contributed by atoms with Gasteiger partial charge in [-0.3, -0.25) is 4.98 Å². The van der Waals surface area contributed by atoms with E-state index in [1.165, 1.54) is 0 Å². The fraction of sp³-hybridized carbons (Fsp3) is 0.211. The summed E-state index contributed by atoms with van der Waals surface area (Å²) in [4.78, 5) is 8.75. The summed E-state index contributed by atoms with van der Waals surface area (Å²) in [5, 5.41) is 26.2. The summed E-state index contributed by atoms with van der Waals surface area (Å²) in [5.41, 5.74) is 7.23. The first kappa shape index (κ1) is 20.3. The van der Waals surface area contributed by atoms with E-state index in [1.54, 1.807) is 43.8 Å². The molecule has 3 aromatic rings. The van der Waals surface area contributed by atoms with Crippen molar-refractivity contribution in [3.8, 4) is 23.0 Å². The standard InChI is InChI=1S/C19H20N8O4/c1-29-14-4-2-3-5-15(14)31-16-11-22-19(23-17(16)20,30-9-8-28)12-6-7-21-13(10-12)18-24-26-27-25-18/h2-7,10-11,22,28H,8-9H2,1H3,(H2,20,23)(H,24,25,26,27). The normalized spacial score (nSPS) is 18.0. The molecule has 0 aliphatic carbocycles. The molecule has 2 aromatic heterocycles. The van der Waals surface area contributed by atoms with Gasteiger partial charge in [0.25, 0.3) is 5.85 Å². The molecular weight excluding hydrogens is 404 g/mol. The summed E-state index contributed by atoms with van der Waals surface area (Å²) in [6.07, 6.45) is 3.10. The van der Waals surface area contributed by atoms with Crippen LogP contribution >= 0.6 is 0 Å². The van der Waals surface area contributed by atoms with Crippen molar-refractivity contribution in [3.05, 3.63) is 60.1 Å². The zero-order valence-corrected chi connectivity index (χ0v) is 16.5. The number of aliphatic hydroxyl groups excluding tert-OH is 1. The largest absolute Gasteiger partial charge is 0.493 e. The summed E-state index contributed by atoms with van der Waals surface area (Å²) >= 11 is 0. The molecular formula is C19H20N8O4. The van der Waals surface area contributed by atoms with Crippen LogP contribution in [0.25, 0.3) is 11.5 Å². The molecule has 12 nitrogen and oxygen atoms in total. The number of aromatic nitrogens is 5. The molecule has 4 rings (SSSR count). The molecule has 12 heteroatoms. The van der Waals surface area contributed by atoms with Gasteiger partial charge < -0.3 is 30.4 Å². The molecule has 160 valence electrons. The van der Waals surface area contributed by atoms with Gasteiger partial charge in [-0.25, -0.2) is 4.99 Å². The quantitative estimate of drug-likeness (QED) is 0.394. The van der Waals surface area contributed by atoms with E-state index >= 15 is 0 Å². The number of nitrogens with zero attached hydrogens (tertiary/aromatic N) is 5. The van der Waals surface area contributed by atoms with E-state index in [0.29, 0.717) is 28.6 Å². The SMILES string of the molecule is COc1ccccc1OC1=CNC(OCCO)(c2ccnc(-c3nn[nH]n3)c2)N=C1N. The lowest BCUT2D eigenvalue weighted by molar-refractivity contribution is -0.0744. The minimum atomic E-state index is -1.41. The van der Waals surface area contributed by atoms with Gasteiger partial charge in [0, 0.05) is 18.0 Å². The van der Waals surface area contributed by atoms with E-state index in [9.17, 15) is 5.11 Å². The first-order chi connectivity index (χ1) is 15.1. The average Bonchev–Trinajstić information content (AvgIpc) is 3.35. The Labute approximate surface area is 176 Å². The molecule has 5 N–H and O–H groups in total. The van der Waals surface area contributed by atoms with Crippen LogP contribution in [0.4, 0.5) is 0 Å². The predicted molar refractivity (Wildman–Crippen MR) is 109 cm³/mol. The summed E-state index contributed by atoms with van der Waals surface area (Å²) in [5.74, 6) is 0.275. The number of aliphatic imine (C=N–C) groups is 1. The Morgan fingerprint density at radius 1 is 1.19 bits per heavy atom. The lowest BCUT2D eigenvalue weighted by Gasteiger charge is -2.34. The third kappa shape index (κ3) is 4.15. The summed E-state index contributed by atoms with van der Waals surface area (Å²) in [7, 11) is 1.55. The minimum Gasteiger partial charge on any atom is -0.493 e. The second-order valence-electron chi connectivity index (χ2n) is 6.28. The van der Waals surface area contributed by atoms with Crippen molar-refractivity contribution < 1.29 is 19.3 Å². The van der Waals surface area contributed by atoms with Crippen molar-refractivity contribution in [2.45, 2.75) is 5.85 Å². The number of nitrogens with two attached hydrogens (primary N) is 1. The number of aromatic amines is 1. The first-order valence-corrected chi connectivity index (χ1v) is 9.25. The van der Waals surface area contributed by atoms with Crippen molar-refractivity contribution in [2.24, 2.45) is 10.7 Å². The molecule has 0 radical (unpaired) electrons. The van der Waals surface area contributed by atoms with Crippen LogP contribution in [0, 0.1) is 0 Å². The number of nitrogens with one attached hydrogen (secondary N) is 2. The van der Waals surface area contributed by atoms with E-state index in [0.717, 1.165) is 0 Å². The highest BCUT2D eigenvalue weighted by atomic mass is 16.5. The van der Waals surface area contributed by atoms with Crippen molar-refractivity contribution in [3.63, 3.8) is 0 Å². The van der Waals surface area contributed by atoms with Gasteiger partial charge in [0.05, 0.1) is 20.3 Å². The van der Waals surface area contributed by atoms with Crippen LogP contribution in [0.1, 0.15) is 5.56 Å². The lowest BCUT2D eigenvalue weighted by Crippen LogP contribution is -2.46. The van der Waals surface area contributed by atoms with Crippen molar-refractivity contribution in [1.82, 2.24) is 30.9 Å². The Bertz CT molecular complexity index is 1100. The van der Waals surface area contributed by atoms with E-state index in [4.69, 9.17) is 19.9 Å². The van der Waals surface area contributed by atoms with Crippen LogP contribution in [-0.2, 0) is 10.6 Å². The number of para-hydroxylation sites is 2. The highest BCUT2D eigenvalue weighted by Crippen LogP contribution is 2.32. The zero-order valence-electron chi connectivity index (χ0n) is 16.5. The maximum atomic E-state index is 9.30. The van der Waals surface area contributed by atoms with Crippen LogP contribution in [0.5, 0.6) is 11.5 Å². The minimum absolute atomic E-state index is 0.000184. The number of tetrazole rings is 1. The van der Waals surface area contributed by atoms with Crippen LogP contribution in [0.2, 0.25) is 0 Å². The number of hydrogen-bond acceptors (Lipinski definition) is 11.